The molecule has 0 amide bonds. The molecule has 0 saturated carbocycles. The van der Waals surface area contributed by atoms with Crippen molar-refractivity contribution in [3.8, 4) is 23.0 Å². The van der Waals surface area contributed by atoms with Crippen LogP contribution in [0.5, 0.6) is 23.0 Å². The maximum atomic E-state index is 6.58. The van der Waals surface area contributed by atoms with Crippen molar-refractivity contribution in [2.45, 2.75) is 18.9 Å². The maximum Gasteiger partial charge on any atom is 0.170 e. The van der Waals surface area contributed by atoms with Crippen molar-refractivity contribution in [2.75, 3.05) is 13.2 Å². The van der Waals surface area contributed by atoms with Crippen molar-refractivity contribution >= 4 is 12.4 Å². The lowest BCUT2D eigenvalue weighted by Gasteiger charge is -2.28. The van der Waals surface area contributed by atoms with Crippen LogP contribution in [0.3, 0.4) is 0 Å². The first-order valence-electron chi connectivity index (χ1n) is 9.73. The summed E-state index contributed by atoms with van der Waals surface area (Å²) in [6.07, 6.45) is 1.97. The van der Waals surface area contributed by atoms with Gasteiger partial charge in [-0.3, -0.25) is 0 Å². The molecule has 2 N–H and O–H groups in total. The van der Waals surface area contributed by atoms with E-state index in [4.69, 9.17) is 19.9 Å². The molecule has 0 spiro atoms. The van der Waals surface area contributed by atoms with Crippen LogP contribution in [0.1, 0.15) is 24.4 Å². The third-order valence-electron chi connectivity index (χ3n) is 5.07. The molecule has 1 saturated heterocycles. The minimum atomic E-state index is -0.0483. The van der Waals surface area contributed by atoms with Crippen molar-refractivity contribution in [3.05, 3.63) is 84.4 Å². The molecule has 0 aromatic heterocycles. The summed E-state index contributed by atoms with van der Waals surface area (Å²) >= 11 is 0. The summed E-state index contributed by atoms with van der Waals surface area (Å²) < 4.78 is 17.7. The molecular weight excluding hydrogens is 386 g/mol. The van der Waals surface area contributed by atoms with Gasteiger partial charge in [-0.1, -0.05) is 42.5 Å². The van der Waals surface area contributed by atoms with Gasteiger partial charge in [0.05, 0.1) is 0 Å². The molecule has 0 bridgehead atoms. The molecule has 1 atom stereocenters. The van der Waals surface area contributed by atoms with Crippen molar-refractivity contribution < 1.29 is 14.2 Å². The number of para-hydroxylation sites is 2. The van der Waals surface area contributed by atoms with Crippen LogP contribution in [-0.4, -0.2) is 13.2 Å². The Kier molecular flexibility index (Phi) is 7.53. The maximum absolute atomic E-state index is 6.58. The molecule has 0 radical (unpaired) electrons. The molecule has 3 aromatic carbocycles. The van der Waals surface area contributed by atoms with Crippen LogP contribution in [-0.2, 0) is 4.74 Å². The van der Waals surface area contributed by atoms with Crippen LogP contribution in [0.15, 0.2) is 78.9 Å². The lowest BCUT2D eigenvalue weighted by Crippen LogP contribution is -2.27. The summed E-state index contributed by atoms with van der Waals surface area (Å²) in [7, 11) is 0. The molecule has 3 aromatic rings. The smallest absolute Gasteiger partial charge is 0.170 e. The van der Waals surface area contributed by atoms with E-state index in [2.05, 4.69) is 0 Å². The van der Waals surface area contributed by atoms with Crippen molar-refractivity contribution in [2.24, 2.45) is 11.7 Å². The molecule has 5 heteroatoms. The molecule has 1 aliphatic rings. The first kappa shape index (κ1) is 21.2. The predicted molar refractivity (Wildman–Crippen MR) is 117 cm³/mol. The second-order valence-electron chi connectivity index (χ2n) is 7.01. The Bertz CT molecular complexity index is 883. The SMILES string of the molecule is Cl.N[C@H](c1ccc(Oc2ccccc2)c(Oc2ccccc2)c1)C1CCOCC1. The lowest BCUT2D eigenvalue weighted by molar-refractivity contribution is 0.0583. The van der Waals surface area contributed by atoms with E-state index in [0.717, 1.165) is 43.1 Å². The molecule has 1 fully saturated rings. The fourth-order valence-corrected chi connectivity index (χ4v) is 3.47. The standard InChI is InChI=1S/C24H25NO3.ClH/c25-24(18-13-15-26-16-14-18)19-11-12-22(27-20-7-3-1-4-8-20)23(17-19)28-21-9-5-2-6-10-21;/h1-12,17-18,24H,13-16,25H2;1H/t24-;/m0./s1. The third kappa shape index (κ3) is 5.51. The van der Waals surface area contributed by atoms with E-state index in [9.17, 15) is 0 Å². The Balaban J connectivity index is 0.00000240. The topological polar surface area (TPSA) is 53.7 Å². The van der Waals surface area contributed by atoms with E-state index in [0.29, 0.717) is 17.4 Å². The van der Waals surface area contributed by atoms with Crippen LogP contribution in [0.25, 0.3) is 0 Å². The number of nitrogens with two attached hydrogens (primary N) is 1. The van der Waals surface area contributed by atoms with Gasteiger partial charge in [0.25, 0.3) is 0 Å². The first-order valence-corrected chi connectivity index (χ1v) is 9.73. The van der Waals surface area contributed by atoms with Gasteiger partial charge in [-0.15, -0.1) is 12.4 Å². The highest BCUT2D eigenvalue weighted by atomic mass is 35.5. The molecule has 0 aliphatic carbocycles. The highest BCUT2D eigenvalue weighted by molar-refractivity contribution is 5.85. The minimum Gasteiger partial charge on any atom is -0.453 e. The zero-order valence-corrected chi connectivity index (χ0v) is 17.0. The summed E-state index contributed by atoms with van der Waals surface area (Å²) in [5.41, 5.74) is 7.64. The zero-order valence-electron chi connectivity index (χ0n) is 16.2. The predicted octanol–water partition coefficient (Wildman–Crippen LogP) is 6.12. The van der Waals surface area contributed by atoms with E-state index >= 15 is 0 Å². The Hall–Kier alpha value is -2.53. The number of rotatable bonds is 6. The van der Waals surface area contributed by atoms with Gasteiger partial charge in [0.15, 0.2) is 11.5 Å². The van der Waals surface area contributed by atoms with Crippen LogP contribution in [0.2, 0.25) is 0 Å². The summed E-state index contributed by atoms with van der Waals surface area (Å²) in [4.78, 5) is 0. The van der Waals surface area contributed by atoms with Crippen LogP contribution in [0, 0.1) is 5.92 Å². The van der Waals surface area contributed by atoms with Crippen LogP contribution in [0.4, 0.5) is 0 Å². The number of hydrogen-bond donors (Lipinski definition) is 1. The van der Waals surface area contributed by atoms with Gasteiger partial charge in [0.2, 0.25) is 0 Å². The van der Waals surface area contributed by atoms with Gasteiger partial charge < -0.3 is 19.9 Å². The largest absolute Gasteiger partial charge is 0.453 e. The average Bonchev–Trinajstić information content (AvgIpc) is 2.76. The van der Waals surface area contributed by atoms with Crippen molar-refractivity contribution in [1.29, 1.82) is 0 Å². The molecular formula is C24H26ClNO3. The van der Waals surface area contributed by atoms with Gasteiger partial charge >= 0.3 is 0 Å². The quantitative estimate of drug-likeness (QED) is 0.530. The van der Waals surface area contributed by atoms with Gasteiger partial charge in [-0.2, -0.15) is 0 Å². The van der Waals surface area contributed by atoms with E-state index in [1.165, 1.54) is 0 Å². The number of hydrogen-bond acceptors (Lipinski definition) is 4. The van der Waals surface area contributed by atoms with Gasteiger partial charge in [0, 0.05) is 19.3 Å². The van der Waals surface area contributed by atoms with Gasteiger partial charge in [-0.05, 0) is 60.7 Å². The summed E-state index contributed by atoms with van der Waals surface area (Å²) in [5, 5.41) is 0. The molecule has 4 nitrogen and oxygen atoms in total. The molecule has 152 valence electrons. The van der Waals surface area contributed by atoms with E-state index in [1.54, 1.807) is 0 Å². The normalized spacial score (nSPS) is 15.2. The van der Waals surface area contributed by atoms with Crippen LogP contribution >= 0.6 is 12.4 Å². The lowest BCUT2D eigenvalue weighted by atomic mass is 9.87. The monoisotopic (exact) mass is 411 g/mol. The Morgan fingerprint density at radius 2 is 1.31 bits per heavy atom. The molecule has 0 unspecified atom stereocenters. The zero-order chi connectivity index (χ0) is 19.2. The van der Waals surface area contributed by atoms with Gasteiger partial charge in [-0.25, -0.2) is 0 Å². The van der Waals surface area contributed by atoms with Crippen LogP contribution < -0.4 is 15.2 Å². The molecule has 1 heterocycles. The van der Waals surface area contributed by atoms with Crippen molar-refractivity contribution in [3.63, 3.8) is 0 Å². The highest BCUT2D eigenvalue weighted by Crippen LogP contribution is 2.38. The second kappa shape index (κ2) is 10.3. The summed E-state index contributed by atoms with van der Waals surface area (Å²) in [6.45, 7) is 1.56. The minimum absolute atomic E-state index is 0. The molecule has 1 aliphatic heterocycles. The number of halogens is 1. The fourth-order valence-electron chi connectivity index (χ4n) is 3.47. The molecule has 4 rings (SSSR count). The van der Waals surface area contributed by atoms with E-state index in [-0.39, 0.29) is 18.4 Å². The Morgan fingerprint density at radius 3 is 1.90 bits per heavy atom. The fraction of sp³-hybridized carbons (Fsp3) is 0.250. The Morgan fingerprint density at radius 1 is 0.759 bits per heavy atom. The molecule has 29 heavy (non-hydrogen) atoms. The average molecular weight is 412 g/mol. The Labute approximate surface area is 178 Å². The summed E-state index contributed by atoms with van der Waals surface area (Å²) in [5.74, 6) is 3.27. The highest BCUT2D eigenvalue weighted by Gasteiger charge is 2.23. The summed E-state index contributed by atoms with van der Waals surface area (Å²) in [6, 6.07) is 25.4. The number of ether oxygens (including phenoxy) is 3. The third-order valence-corrected chi connectivity index (χ3v) is 5.07. The van der Waals surface area contributed by atoms with E-state index in [1.807, 2.05) is 78.9 Å². The van der Waals surface area contributed by atoms with E-state index < -0.39 is 0 Å². The first-order chi connectivity index (χ1) is 13.8. The van der Waals surface area contributed by atoms with Crippen molar-refractivity contribution in [1.82, 2.24) is 0 Å². The second-order valence-corrected chi connectivity index (χ2v) is 7.01. The van der Waals surface area contributed by atoms with Gasteiger partial charge in [0.1, 0.15) is 11.5 Å². The number of benzene rings is 3.